The number of nitrogens with zero attached hydrogens (tertiary/aromatic N) is 6. The van der Waals surface area contributed by atoms with Gasteiger partial charge in [0.2, 0.25) is 5.16 Å². The average molecular weight is 430 g/mol. The molecule has 2 aromatic heterocycles. The van der Waals surface area contributed by atoms with E-state index in [1.807, 2.05) is 30.3 Å². The fourth-order valence-electron chi connectivity index (χ4n) is 2.43. The van der Waals surface area contributed by atoms with Gasteiger partial charge in [-0.2, -0.15) is 4.68 Å². The van der Waals surface area contributed by atoms with Crippen molar-refractivity contribution in [2.24, 2.45) is 0 Å². The molecule has 0 saturated carbocycles. The largest absolute Gasteiger partial charge is 0.335 e. The van der Waals surface area contributed by atoms with E-state index in [1.165, 1.54) is 21.1 Å². The maximum absolute atomic E-state index is 12.5. The van der Waals surface area contributed by atoms with Crippen molar-refractivity contribution in [2.45, 2.75) is 11.0 Å². The van der Waals surface area contributed by atoms with Crippen molar-refractivity contribution in [3.8, 4) is 11.4 Å². The van der Waals surface area contributed by atoms with E-state index in [9.17, 15) is 4.79 Å². The minimum absolute atomic E-state index is 0.211. The van der Waals surface area contributed by atoms with E-state index in [2.05, 4.69) is 36.4 Å². The first kappa shape index (κ1) is 16.7. The van der Waals surface area contributed by atoms with Crippen molar-refractivity contribution < 1.29 is 0 Å². The summed E-state index contributed by atoms with van der Waals surface area (Å²) in [6, 6.07) is 14.7. The fourth-order valence-corrected chi connectivity index (χ4v) is 3.62. The molecule has 2 N–H and O–H groups in total. The Labute approximate surface area is 160 Å². The molecule has 130 valence electrons. The molecule has 4 rings (SSSR count). The van der Waals surface area contributed by atoms with Crippen LogP contribution in [0.25, 0.3) is 22.3 Å². The third-order valence-electron chi connectivity index (χ3n) is 3.72. The van der Waals surface area contributed by atoms with Crippen LogP contribution < -0.4 is 11.4 Å². The van der Waals surface area contributed by atoms with Crippen LogP contribution >= 0.6 is 27.7 Å². The lowest BCUT2D eigenvalue weighted by molar-refractivity contribution is 0.642. The van der Waals surface area contributed by atoms with Gasteiger partial charge in [-0.3, -0.25) is 4.79 Å². The lowest BCUT2D eigenvalue weighted by Gasteiger charge is -2.06. The predicted octanol–water partition coefficient (Wildman–Crippen LogP) is 2.28. The van der Waals surface area contributed by atoms with Crippen molar-refractivity contribution in [3.05, 3.63) is 63.4 Å². The molecule has 0 saturated heterocycles. The predicted molar refractivity (Wildman–Crippen MR) is 103 cm³/mol. The SMILES string of the molecule is Nn1c(SCn2nnc3ccccc3c2=O)nnc1-c1ccccc1Br. The van der Waals surface area contributed by atoms with Crippen molar-refractivity contribution in [1.29, 1.82) is 0 Å². The topological polar surface area (TPSA) is 105 Å². The lowest BCUT2D eigenvalue weighted by atomic mass is 10.2. The Morgan fingerprint density at radius 3 is 2.65 bits per heavy atom. The standard InChI is InChI=1S/C16H12BrN7OS/c17-12-7-3-1-5-10(12)14-20-21-16(24(14)18)26-9-23-15(25)11-6-2-4-8-13(11)19-22-23/h1-8H,9,18H2. The molecule has 0 spiro atoms. The van der Waals surface area contributed by atoms with Crippen molar-refractivity contribution in [1.82, 2.24) is 29.9 Å². The first-order valence-electron chi connectivity index (χ1n) is 7.56. The zero-order valence-electron chi connectivity index (χ0n) is 13.3. The summed E-state index contributed by atoms with van der Waals surface area (Å²) in [4.78, 5) is 12.5. The quantitative estimate of drug-likeness (QED) is 0.391. The third kappa shape index (κ3) is 2.97. The van der Waals surface area contributed by atoms with Gasteiger partial charge in [0.25, 0.3) is 5.56 Å². The molecule has 0 bridgehead atoms. The molecule has 2 aromatic carbocycles. The van der Waals surface area contributed by atoms with E-state index in [1.54, 1.807) is 18.2 Å². The lowest BCUT2D eigenvalue weighted by Crippen LogP contribution is -2.23. The van der Waals surface area contributed by atoms with E-state index in [0.29, 0.717) is 21.9 Å². The van der Waals surface area contributed by atoms with Gasteiger partial charge < -0.3 is 5.84 Å². The van der Waals surface area contributed by atoms with Crippen LogP contribution in [0.1, 0.15) is 0 Å². The van der Waals surface area contributed by atoms with Crippen LogP contribution in [0.4, 0.5) is 0 Å². The number of halogens is 1. The Kier molecular flexibility index (Phi) is 4.43. The zero-order chi connectivity index (χ0) is 18.1. The molecule has 0 fully saturated rings. The minimum Gasteiger partial charge on any atom is -0.335 e. The highest BCUT2D eigenvalue weighted by molar-refractivity contribution is 9.10. The number of thioether (sulfide) groups is 1. The van der Waals surface area contributed by atoms with Crippen LogP contribution in [0.2, 0.25) is 0 Å². The molecule has 0 amide bonds. The van der Waals surface area contributed by atoms with Crippen LogP contribution in [0.15, 0.2) is 63.0 Å². The number of rotatable bonds is 4. The van der Waals surface area contributed by atoms with Crippen molar-refractivity contribution >= 4 is 38.6 Å². The highest BCUT2D eigenvalue weighted by Gasteiger charge is 2.15. The summed E-state index contributed by atoms with van der Waals surface area (Å²) in [5, 5.41) is 17.3. The van der Waals surface area contributed by atoms with E-state index in [4.69, 9.17) is 5.84 Å². The Hall–Kier alpha value is -2.72. The summed E-state index contributed by atoms with van der Waals surface area (Å²) in [5.74, 6) is 6.87. The summed E-state index contributed by atoms with van der Waals surface area (Å²) in [6.45, 7) is 0. The molecule has 0 atom stereocenters. The molecule has 26 heavy (non-hydrogen) atoms. The number of nitrogen functional groups attached to an aromatic ring is 1. The maximum atomic E-state index is 12.5. The Morgan fingerprint density at radius 1 is 1.04 bits per heavy atom. The summed E-state index contributed by atoms with van der Waals surface area (Å²) in [5.41, 5.74) is 1.19. The van der Waals surface area contributed by atoms with Crippen LogP contribution in [0, 0.1) is 0 Å². The van der Waals surface area contributed by atoms with Gasteiger partial charge in [0.05, 0.1) is 11.3 Å². The third-order valence-corrected chi connectivity index (χ3v) is 5.33. The summed E-state index contributed by atoms with van der Waals surface area (Å²) >= 11 is 4.73. The molecule has 0 aliphatic rings. The molecular weight excluding hydrogens is 418 g/mol. The highest BCUT2D eigenvalue weighted by Crippen LogP contribution is 2.28. The second kappa shape index (κ2) is 6.89. The molecule has 4 aromatic rings. The Bertz CT molecular complexity index is 1160. The molecular formula is C16H12BrN7OS. The summed E-state index contributed by atoms with van der Waals surface area (Å²) in [6.07, 6.45) is 0. The van der Waals surface area contributed by atoms with Crippen molar-refractivity contribution in [2.75, 3.05) is 5.84 Å². The number of aromatic nitrogens is 6. The second-order valence-electron chi connectivity index (χ2n) is 5.34. The van der Waals surface area contributed by atoms with Gasteiger partial charge in [-0.15, -0.1) is 15.3 Å². The molecule has 0 radical (unpaired) electrons. The van der Waals surface area contributed by atoms with E-state index in [0.717, 1.165) is 10.0 Å². The number of fused-ring (bicyclic) bond motifs is 1. The first-order valence-corrected chi connectivity index (χ1v) is 9.34. The second-order valence-corrected chi connectivity index (χ2v) is 7.11. The molecule has 0 aliphatic heterocycles. The summed E-state index contributed by atoms with van der Waals surface area (Å²) in [7, 11) is 0. The maximum Gasteiger partial charge on any atom is 0.278 e. The number of benzene rings is 2. The van der Waals surface area contributed by atoms with E-state index >= 15 is 0 Å². The normalized spacial score (nSPS) is 11.1. The number of hydrogen-bond acceptors (Lipinski definition) is 7. The molecule has 10 heteroatoms. The van der Waals surface area contributed by atoms with Gasteiger partial charge in [-0.25, -0.2) is 4.68 Å². The minimum atomic E-state index is -0.211. The average Bonchev–Trinajstić information content (AvgIpc) is 3.02. The van der Waals surface area contributed by atoms with Gasteiger partial charge in [0, 0.05) is 10.0 Å². The van der Waals surface area contributed by atoms with Crippen LogP contribution in [-0.4, -0.2) is 29.9 Å². The highest BCUT2D eigenvalue weighted by atomic mass is 79.9. The monoisotopic (exact) mass is 429 g/mol. The fraction of sp³-hybridized carbons (Fsp3) is 0.0625. The Balaban J connectivity index is 1.61. The smallest absolute Gasteiger partial charge is 0.278 e. The number of hydrogen-bond donors (Lipinski definition) is 1. The van der Waals surface area contributed by atoms with Gasteiger partial charge >= 0.3 is 0 Å². The van der Waals surface area contributed by atoms with E-state index in [-0.39, 0.29) is 11.4 Å². The van der Waals surface area contributed by atoms with E-state index < -0.39 is 0 Å². The molecule has 8 nitrogen and oxygen atoms in total. The van der Waals surface area contributed by atoms with Crippen LogP contribution in [0.5, 0.6) is 0 Å². The van der Waals surface area contributed by atoms with Gasteiger partial charge in [-0.05, 0) is 24.3 Å². The van der Waals surface area contributed by atoms with Crippen LogP contribution in [-0.2, 0) is 5.88 Å². The summed E-state index contributed by atoms with van der Waals surface area (Å²) < 4.78 is 3.54. The molecule has 0 unspecified atom stereocenters. The Morgan fingerprint density at radius 2 is 1.81 bits per heavy atom. The number of nitrogens with two attached hydrogens (primary N) is 1. The van der Waals surface area contributed by atoms with Gasteiger partial charge in [0.1, 0.15) is 5.52 Å². The zero-order valence-corrected chi connectivity index (χ0v) is 15.7. The first-order chi connectivity index (χ1) is 12.6. The van der Waals surface area contributed by atoms with Crippen molar-refractivity contribution in [3.63, 3.8) is 0 Å². The molecule has 0 aliphatic carbocycles. The van der Waals surface area contributed by atoms with Gasteiger partial charge in [-0.1, -0.05) is 57.2 Å². The van der Waals surface area contributed by atoms with Crippen LogP contribution in [0.3, 0.4) is 0 Å². The van der Waals surface area contributed by atoms with Gasteiger partial charge in [0.15, 0.2) is 5.82 Å². The molecule has 2 heterocycles.